The fraction of sp³-hybridized carbons (Fsp3) is 0.0690. The van der Waals surface area contributed by atoms with Gasteiger partial charge in [-0.25, -0.2) is 14.4 Å². The van der Waals surface area contributed by atoms with E-state index < -0.39 is 11.9 Å². The van der Waals surface area contributed by atoms with Gasteiger partial charge in [0, 0.05) is 29.0 Å². The van der Waals surface area contributed by atoms with Crippen molar-refractivity contribution < 1.29 is 4.39 Å². The maximum absolute atomic E-state index is 14.4. The molecule has 4 N–H and O–H groups in total. The maximum atomic E-state index is 14.4. The van der Waals surface area contributed by atoms with E-state index in [9.17, 15) is 14.4 Å². The molecular weight excluding hydrogens is 495 g/mol. The van der Waals surface area contributed by atoms with Gasteiger partial charge >= 0.3 is 0 Å². The lowest BCUT2D eigenvalue weighted by molar-refractivity contribution is 0.625. The third kappa shape index (κ3) is 4.22. The van der Waals surface area contributed by atoms with Crippen molar-refractivity contribution in [2.24, 2.45) is 0 Å². The van der Waals surface area contributed by atoms with Crippen LogP contribution in [-0.4, -0.2) is 24.5 Å². The second kappa shape index (κ2) is 9.39. The fourth-order valence-corrected chi connectivity index (χ4v) is 4.78. The molecule has 0 radical (unpaired) electrons. The summed E-state index contributed by atoms with van der Waals surface area (Å²) in [5, 5.41) is 14.8. The number of nitrogens with one attached hydrogen (secondary N) is 2. The number of nitrogen functional groups attached to an aromatic ring is 1. The van der Waals surface area contributed by atoms with E-state index in [0.717, 1.165) is 16.6 Å². The first kappa shape index (κ1) is 23.8. The van der Waals surface area contributed by atoms with Crippen LogP contribution in [0.3, 0.4) is 0 Å². The van der Waals surface area contributed by atoms with Crippen molar-refractivity contribution in [3.8, 4) is 22.9 Å². The molecule has 0 amide bonds. The summed E-state index contributed by atoms with van der Waals surface area (Å²) in [6.07, 6.45) is 4.87. The van der Waals surface area contributed by atoms with Gasteiger partial charge in [-0.2, -0.15) is 10.2 Å². The average Bonchev–Trinajstić information content (AvgIpc) is 3.41. The topological polar surface area (TPSA) is 138 Å². The Labute approximate surface area is 221 Å². The van der Waals surface area contributed by atoms with Crippen molar-refractivity contribution in [2.45, 2.75) is 13.0 Å². The minimum atomic E-state index is -0.534. The number of H-pyrrole nitrogens is 1. The van der Waals surface area contributed by atoms with Gasteiger partial charge in [0.2, 0.25) is 5.95 Å². The van der Waals surface area contributed by atoms with Crippen molar-refractivity contribution in [2.75, 3.05) is 11.1 Å². The number of aromatic amines is 1. The van der Waals surface area contributed by atoms with Gasteiger partial charge in [-0.1, -0.05) is 24.3 Å². The highest BCUT2D eigenvalue weighted by molar-refractivity contribution is 5.98. The van der Waals surface area contributed by atoms with Crippen LogP contribution in [0.1, 0.15) is 24.2 Å². The molecule has 2 aromatic carbocycles. The van der Waals surface area contributed by atoms with E-state index in [1.165, 1.54) is 22.9 Å². The highest BCUT2D eigenvalue weighted by atomic mass is 19.1. The summed E-state index contributed by atoms with van der Waals surface area (Å²) in [6.45, 7) is 1.82. The summed E-state index contributed by atoms with van der Waals surface area (Å²) < 4.78 is 15.9. The number of nitrogens with two attached hydrogens (primary N) is 1. The molecule has 9 nitrogen and oxygen atoms in total. The SMILES string of the molecule is CC(Nc1nc(N)ncc1C#N)c1cc2cccc(-c3cnc4[nH]ccc4c3)c2c(=O)n1-c1cccc(F)c1. The van der Waals surface area contributed by atoms with E-state index in [-0.39, 0.29) is 22.9 Å². The smallest absolute Gasteiger partial charge is 0.263 e. The molecule has 4 aromatic heterocycles. The Hall–Kier alpha value is -5.56. The zero-order valence-corrected chi connectivity index (χ0v) is 20.7. The molecule has 0 spiro atoms. The predicted molar refractivity (Wildman–Crippen MR) is 148 cm³/mol. The molecule has 0 saturated carbocycles. The van der Waals surface area contributed by atoms with Crippen molar-refractivity contribution in [3.05, 3.63) is 107 Å². The van der Waals surface area contributed by atoms with Crippen LogP contribution in [0.4, 0.5) is 16.2 Å². The molecule has 6 aromatic rings. The van der Waals surface area contributed by atoms with E-state index in [0.29, 0.717) is 27.7 Å². The second-order valence-electron chi connectivity index (χ2n) is 9.07. The van der Waals surface area contributed by atoms with Crippen LogP contribution < -0.4 is 16.6 Å². The van der Waals surface area contributed by atoms with Crippen LogP contribution >= 0.6 is 0 Å². The number of hydrogen-bond acceptors (Lipinski definition) is 7. The molecule has 1 atom stereocenters. The molecule has 4 heterocycles. The number of halogens is 1. The monoisotopic (exact) mass is 516 g/mol. The van der Waals surface area contributed by atoms with Gasteiger partial charge in [0.1, 0.15) is 28.9 Å². The average molecular weight is 517 g/mol. The second-order valence-corrected chi connectivity index (χ2v) is 9.07. The maximum Gasteiger partial charge on any atom is 0.263 e. The van der Waals surface area contributed by atoms with Gasteiger partial charge in [0.15, 0.2) is 0 Å². The lowest BCUT2D eigenvalue weighted by Gasteiger charge is -2.22. The number of benzene rings is 2. The number of nitriles is 1. The van der Waals surface area contributed by atoms with Crippen molar-refractivity contribution >= 4 is 33.6 Å². The Balaban J connectivity index is 1.59. The minimum absolute atomic E-state index is 0.00220. The van der Waals surface area contributed by atoms with Crippen LogP contribution in [0.5, 0.6) is 0 Å². The summed E-state index contributed by atoms with van der Waals surface area (Å²) in [5.41, 5.74) is 8.77. The molecule has 0 aliphatic heterocycles. The molecule has 0 aliphatic carbocycles. The van der Waals surface area contributed by atoms with Gasteiger partial charge in [-0.3, -0.25) is 9.36 Å². The Morgan fingerprint density at radius 3 is 2.74 bits per heavy atom. The number of rotatable bonds is 5. The highest BCUT2D eigenvalue weighted by Crippen LogP contribution is 2.31. The van der Waals surface area contributed by atoms with Crippen LogP contribution in [0.2, 0.25) is 0 Å². The van der Waals surface area contributed by atoms with Crippen molar-refractivity contribution in [3.63, 3.8) is 0 Å². The van der Waals surface area contributed by atoms with E-state index in [4.69, 9.17) is 5.73 Å². The molecule has 190 valence electrons. The quantitative estimate of drug-likeness (QED) is 0.290. The van der Waals surface area contributed by atoms with Gasteiger partial charge in [0.25, 0.3) is 5.56 Å². The summed E-state index contributed by atoms with van der Waals surface area (Å²) in [6, 6.07) is 18.7. The summed E-state index contributed by atoms with van der Waals surface area (Å²) in [5.74, 6) is -0.241. The highest BCUT2D eigenvalue weighted by Gasteiger charge is 2.20. The number of fused-ring (bicyclic) bond motifs is 2. The Kier molecular flexibility index (Phi) is 5.73. The summed E-state index contributed by atoms with van der Waals surface area (Å²) in [4.78, 5) is 29.9. The molecule has 0 bridgehead atoms. The third-order valence-corrected chi connectivity index (χ3v) is 6.58. The molecule has 39 heavy (non-hydrogen) atoms. The molecule has 0 aliphatic rings. The first-order valence-corrected chi connectivity index (χ1v) is 12.1. The predicted octanol–water partition coefficient (Wildman–Crippen LogP) is 5.09. The minimum Gasteiger partial charge on any atom is -0.368 e. The molecule has 0 saturated heterocycles. The Morgan fingerprint density at radius 1 is 1.08 bits per heavy atom. The van der Waals surface area contributed by atoms with Gasteiger partial charge in [-0.15, -0.1) is 0 Å². The zero-order valence-electron chi connectivity index (χ0n) is 20.7. The molecule has 6 rings (SSSR count). The molecular formula is C29H21FN8O. The normalized spacial score (nSPS) is 11.9. The fourth-order valence-electron chi connectivity index (χ4n) is 4.78. The van der Waals surface area contributed by atoms with Crippen molar-refractivity contribution in [1.29, 1.82) is 5.26 Å². The van der Waals surface area contributed by atoms with E-state index in [1.54, 1.807) is 18.3 Å². The summed E-state index contributed by atoms with van der Waals surface area (Å²) in [7, 11) is 0. The number of anilines is 2. The first-order chi connectivity index (χ1) is 18.9. The van der Waals surface area contributed by atoms with E-state index in [2.05, 4.69) is 25.3 Å². The Morgan fingerprint density at radius 2 is 1.92 bits per heavy atom. The largest absolute Gasteiger partial charge is 0.368 e. The van der Waals surface area contributed by atoms with Gasteiger partial charge < -0.3 is 16.0 Å². The third-order valence-electron chi connectivity index (χ3n) is 6.58. The van der Waals surface area contributed by atoms with E-state index >= 15 is 0 Å². The number of pyridine rings is 2. The molecule has 1 unspecified atom stereocenters. The number of aromatic nitrogens is 5. The standard InChI is InChI=1S/C29H21FN8O/c1-16(36-27-20(13-31)15-35-29(32)37-27)24-11-17-4-2-7-23(19-10-18-8-9-33-26(18)34-14-19)25(17)28(39)38(24)22-6-3-5-21(30)12-22/h2-12,14-16H,1H3,(H,33,34)(H3,32,35,36,37). The molecule has 0 fully saturated rings. The zero-order chi connectivity index (χ0) is 27.1. The Bertz CT molecular complexity index is 1990. The molecule has 10 heteroatoms. The number of hydrogen-bond donors (Lipinski definition) is 3. The van der Waals surface area contributed by atoms with Crippen LogP contribution in [0.25, 0.3) is 38.6 Å². The lowest BCUT2D eigenvalue weighted by atomic mass is 9.98. The lowest BCUT2D eigenvalue weighted by Crippen LogP contribution is -2.26. The number of nitrogens with zero attached hydrogens (tertiary/aromatic N) is 5. The van der Waals surface area contributed by atoms with Crippen LogP contribution in [0, 0.1) is 17.1 Å². The first-order valence-electron chi connectivity index (χ1n) is 12.1. The van der Waals surface area contributed by atoms with Crippen LogP contribution in [-0.2, 0) is 0 Å². The van der Waals surface area contributed by atoms with Gasteiger partial charge in [0.05, 0.1) is 23.3 Å². The van der Waals surface area contributed by atoms with Crippen LogP contribution in [0.15, 0.2) is 84.0 Å². The van der Waals surface area contributed by atoms with Gasteiger partial charge in [-0.05, 0) is 54.3 Å². The summed E-state index contributed by atoms with van der Waals surface area (Å²) >= 11 is 0. The van der Waals surface area contributed by atoms with E-state index in [1.807, 2.05) is 55.6 Å². The van der Waals surface area contributed by atoms with Crippen molar-refractivity contribution in [1.82, 2.24) is 24.5 Å².